The predicted octanol–water partition coefficient (Wildman–Crippen LogP) is 1.79. The van der Waals surface area contributed by atoms with Crippen molar-refractivity contribution in [2.24, 2.45) is 5.41 Å². The molecule has 0 saturated carbocycles. The normalized spacial score (nSPS) is 29.8. The van der Waals surface area contributed by atoms with Crippen LogP contribution in [0, 0.1) is 5.41 Å². The van der Waals surface area contributed by atoms with Gasteiger partial charge in [0.15, 0.2) is 0 Å². The molecule has 0 aromatic rings. The summed E-state index contributed by atoms with van der Waals surface area (Å²) in [6.45, 7) is 12.4. The van der Waals surface area contributed by atoms with Crippen LogP contribution >= 0.6 is 0 Å². The number of rotatable bonds is 5. The highest BCUT2D eigenvalue weighted by molar-refractivity contribution is 4.88. The topological polar surface area (TPSA) is 18.5 Å². The van der Waals surface area contributed by atoms with Crippen LogP contribution in [0.4, 0.5) is 0 Å². The minimum atomic E-state index is 0.562. The maximum absolute atomic E-state index is 3.67. The van der Waals surface area contributed by atoms with Gasteiger partial charge in [-0.15, -0.1) is 0 Å². The summed E-state index contributed by atoms with van der Waals surface area (Å²) in [7, 11) is 2.25. The average Bonchev–Trinajstić information content (AvgIpc) is 2.78. The highest BCUT2D eigenvalue weighted by Crippen LogP contribution is 2.32. The zero-order valence-electron chi connectivity index (χ0n) is 12.5. The van der Waals surface area contributed by atoms with Crippen LogP contribution in [0.3, 0.4) is 0 Å². The van der Waals surface area contributed by atoms with Gasteiger partial charge in [0.25, 0.3) is 0 Å². The highest BCUT2D eigenvalue weighted by Gasteiger charge is 2.33. The van der Waals surface area contributed by atoms with Crippen molar-refractivity contribution < 1.29 is 0 Å². The first-order valence-electron chi connectivity index (χ1n) is 7.75. The van der Waals surface area contributed by atoms with E-state index >= 15 is 0 Å². The molecule has 0 aliphatic carbocycles. The molecule has 2 rings (SSSR count). The second-order valence-corrected chi connectivity index (χ2v) is 6.79. The molecule has 0 amide bonds. The Bertz CT molecular complexity index is 246. The van der Waals surface area contributed by atoms with E-state index in [-0.39, 0.29) is 0 Å². The summed E-state index contributed by atoms with van der Waals surface area (Å²) in [6, 6.07) is 0.750. The van der Waals surface area contributed by atoms with Crippen LogP contribution in [0.1, 0.15) is 39.5 Å². The summed E-state index contributed by atoms with van der Waals surface area (Å²) in [5.41, 5.74) is 0.562. The quantitative estimate of drug-likeness (QED) is 0.806. The van der Waals surface area contributed by atoms with Crippen molar-refractivity contribution in [1.29, 1.82) is 0 Å². The van der Waals surface area contributed by atoms with Crippen LogP contribution in [-0.2, 0) is 0 Å². The molecule has 1 unspecified atom stereocenters. The van der Waals surface area contributed by atoms with Gasteiger partial charge < -0.3 is 15.1 Å². The number of nitrogens with one attached hydrogen (secondary N) is 1. The molecule has 0 spiro atoms. The summed E-state index contributed by atoms with van der Waals surface area (Å²) in [4.78, 5) is 5.16. The molecular weight excluding hydrogens is 222 g/mol. The first kappa shape index (κ1) is 14.3. The number of piperidine rings is 1. The second kappa shape index (κ2) is 6.36. The van der Waals surface area contributed by atoms with Crippen LogP contribution in [0.25, 0.3) is 0 Å². The molecule has 3 heteroatoms. The number of likely N-dealkylation sites (tertiary alicyclic amines) is 2. The lowest BCUT2D eigenvalue weighted by atomic mass is 9.80. The monoisotopic (exact) mass is 253 g/mol. The van der Waals surface area contributed by atoms with E-state index in [0.29, 0.717) is 5.41 Å². The van der Waals surface area contributed by atoms with E-state index in [0.717, 1.165) is 6.04 Å². The fourth-order valence-electron chi connectivity index (χ4n) is 3.35. The number of nitrogens with zero attached hydrogens (tertiary/aromatic N) is 2. The lowest BCUT2D eigenvalue weighted by Gasteiger charge is -2.40. The molecule has 1 atom stereocenters. The molecule has 0 radical (unpaired) electrons. The molecule has 2 heterocycles. The lowest BCUT2D eigenvalue weighted by molar-refractivity contribution is 0.0960. The van der Waals surface area contributed by atoms with Crippen molar-refractivity contribution in [2.45, 2.75) is 45.6 Å². The van der Waals surface area contributed by atoms with Gasteiger partial charge in [-0.1, -0.05) is 13.8 Å². The first-order valence-corrected chi connectivity index (χ1v) is 7.75. The molecule has 2 aliphatic rings. The molecule has 1 N–H and O–H groups in total. The SMILES string of the molecule is CCCNC1CCN(CC2(C)CCN(C)CC2)C1. The predicted molar refractivity (Wildman–Crippen MR) is 78.0 cm³/mol. The Labute approximate surface area is 113 Å². The van der Waals surface area contributed by atoms with Gasteiger partial charge in [-0.3, -0.25) is 0 Å². The Morgan fingerprint density at radius 3 is 2.61 bits per heavy atom. The third-order valence-electron chi connectivity index (χ3n) is 4.75. The van der Waals surface area contributed by atoms with Crippen molar-refractivity contribution in [3.8, 4) is 0 Å². The van der Waals surface area contributed by atoms with E-state index in [1.807, 2.05) is 0 Å². The van der Waals surface area contributed by atoms with Crippen LogP contribution in [-0.4, -0.2) is 62.2 Å². The van der Waals surface area contributed by atoms with Crippen LogP contribution in [0.2, 0.25) is 0 Å². The Hall–Kier alpha value is -0.120. The zero-order valence-corrected chi connectivity index (χ0v) is 12.5. The van der Waals surface area contributed by atoms with E-state index in [1.165, 1.54) is 65.0 Å². The van der Waals surface area contributed by atoms with Crippen molar-refractivity contribution in [3.63, 3.8) is 0 Å². The molecule has 0 aromatic carbocycles. The second-order valence-electron chi connectivity index (χ2n) is 6.79. The van der Waals surface area contributed by atoms with Gasteiger partial charge >= 0.3 is 0 Å². The van der Waals surface area contributed by atoms with Gasteiger partial charge in [0.05, 0.1) is 0 Å². The Morgan fingerprint density at radius 1 is 1.22 bits per heavy atom. The minimum Gasteiger partial charge on any atom is -0.313 e. The zero-order chi connectivity index (χ0) is 13.0. The molecule has 0 aromatic heterocycles. The smallest absolute Gasteiger partial charge is 0.0207 e. The lowest BCUT2D eigenvalue weighted by Crippen LogP contribution is -2.43. The van der Waals surface area contributed by atoms with Crippen molar-refractivity contribution >= 4 is 0 Å². The maximum atomic E-state index is 3.67. The van der Waals surface area contributed by atoms with E-state index in [1.54, 1.807) is 0 Å². The van der Waals surface area contributed by atoms with Crippen LogP contribution < -0.4 is 5.32 Å². The van der Waals surface area contributed by atoms with E-state index < -0.39 is 0 Å². The number of hydrogen-bond acceptors (Lipinski definition) is 3. The van der Waals surface area contributed by atoms with Gasteiger partial charge in [0, 0.05) is 19.1 Å². The Morgan fingerprint density at radius 2 is 1.94 bits per heavy atom. The van der Waals surface area contributed by atoms with E-state index in [9.17, 15) is 0 Å². The minimum absolute atomic E-state index is 0.562. The highest BCUT2D eigenvalue weighted by atomic mass is 15.2. The largest absolute Gasteiger partial charge is 0.313 e. The standard InChI is InChI=1S/C15H31N3/c1-4-8-16-14-5-9-18(12-14)13-15(2)6-10-17(3)11-7-15/h14,16H,4-13H2,1-3H3. The summed E-state index contributed by atoms with van der Waals surface area (Å²) in [5.74, 6) is 0. The maximum Gasteiger partial charge on any atom is 0.0207 e. The summed E-state index contributed by atoms with van der Waals surface area (Å²) < 4.78 is 0. The van der Waals surface area contributed by atoms with Crippen LogP contribution in [0.15, 0.2) is 0 Å². The average molecular weight is 253 g/mol. The molecule has 2 fully saturated rings. The first-order chi connectivity index (χ1) is 8.61. The molecule has 2 aliphatic heterocycles. The molecule has 106 valence electrons. The van der Waals surface area contributed by atoms with Crippen LogP contribution in [0.5, 0.6) is 0 Å². The third kappa shape index (κ3) is 3.94. The molecular formula is C15H31N3. The van der Waals surface area contributed by atoms with Gasteiger partial charge in [-0.2, -0.15) is 0 Å². The van der Waals surface area contributed by atoms with Gasteiger partial charge in [-0.05, 0) is 64.3 Å². The molecule has 0 bridgehead atoms. The summed E-state index contributed by atoms with van der Waals surface area (Å²) >= 11 is 0. The van der Waals surface area contributed by atoms with E-state index in [2.05, 4.69) is 36.0 Å². The molecule has 18 heavy (non-hydrogen) atoms. The van der Waals surface area contributed by atoms with Crippen molar-refractivity contribution in [2.75, 3.05) is 46.3 Å². The van der Waals surface area contributed by atoms with Gasteiger partial charge in [0.2, 0.25) is 0 Å². The fourth-order valence-corrected chi connectivity index (χ4v) is 3.35. The third-order valence-corrected chi connectivity index (χ3v) is 4.75. The summed E-state index contributed by atoms with van der Waals surface area (Å²) in [6.07, 6.45) is 5.33. The van der Waals surface area contributed by atoms with Crippen molar-refractivity contribution in [1.82, 2.24) is 15.1 Å². The Balaban J connectivity index is 1.73. The Kier molecular flexibility index (Phi) is 5.05. The fraction of sp³-hybridized carbons (Fsp3) is 1.00. The van der Waals surface area contributed by atoms with Crippen molar-refractivity contribution in [3.05, 3.63) is 0 Å². The summed E-state index contributed by atoms with van der Waals surface area (Å²) in [5, 5.41) is 3.67. The molecule has 2 saturated heterocycles. The van der Waals surface area contributed by atoms with Gasteiger partial charge in [-0.25, -0.2) is 0 Å². The van der Waals surface area contributed by atoms with E-state index in [4.69, 9.17) is 0 Å². The number of hydrogen-bond donors (Lipinski definition) is 1. The molecule has 3 nitrogen and oxygen atoms in total. The van der Waals surface area contributed by atoms with Gasteiger partial charge in [0.1, 0.15) is 0 Å².